The van der Waals surface area contributed by atoms with Crippen molar-refractivity contribution < 1.29 is 22.8 Å². The third-order valence-electron chi connectivity index (χ3n) is 3.68. The van der Waals surface area contributed by atoms with Crippen LogP contribution in [-0.2, 0) is 16.1 Å². The summed E-state index contributed by atoms with van der Waals surface area (Å²) in [6.07, 6.45) is 0. The van der Waals surface area contributed by atoms with E-state index in [0.717, 1.165) is 10.7 Å². The first-order valence-electron chi connectivity index (χ1n) is 7.89. The van der Waals surface area contributed by atoms with Gasteiger partial charge in [-0.05, 0) is 24.3 Å². The van der Waals surface area contributed by atoms with Gasteiger partial charge in [-0.2, -0.15) is 0 Å². The molecule has 0 aliphatic carbocycles. The molecule has 0 spiro atoms. The van der Waals surface area contributed by atoms with Crippen LogP contribution in [0.3, 0.4) is 0 Å². The van der Waals surface area contributed by atoms with Crippen molar-refractivity contribution in [2.45, 2.75) is 6.54 Å². The van der Waals surface area contributed by atoms with Crippen LogP contribution in [0.1, 0.15) is 0 Å². The lowest BCUT2D eigenvalue weighted by Crippen LogP contribution is -2.38. The fourth-order valence-electron chi connectivity index (χ4n) is 2.31. The summed E-state index contributed by atoms with van der Waals surface area (Å²) in [5.74, 6) is -6.29. The SMILES string of the molecule is O=C(Cn1nnc2ccccc2c1=O)NCC(=O)Nc1ccc(F)c(F)c1F. The molecule has 8 nitrogen and oxygen atoms in total. The Morgan fingerprint density at radius 3 is 2.54 bits per heavy atom. The fraction of sp³-hybridized carbons (Fsp3) is 0.118. The van der Waals surface area contributed by atoms with Gasteiger partial charge < -0.3 is 10.6 Å². The van der Waals surface area contributed by atoms with E-state index in [0.29, 0.717) is 11.6 Å². The zero-order valence-electron chi connectivity index (χ0n) is 14.1. The number of hydrogen-bond donors (Lipinski definition) is 2. The molecule has 0 atom stereocenters. The molecule has 11 heteroatoms. The van der Waals surface area contributed by atoms with Crippen LogP contribution in [0, 0.1) is 17.5 Å². The average Bonchev–Trinajstić information content (AvgIpc) is 2.69. The van der Waals surface area contributed by atoms with Crippen LogP contribution in [0.25, 0.3) is 10.9 Å². The van der Waals surface area contributed by atoms with E-state index in [-0.39, 0.29) is 5.39 Å². The highest BCUT2D eigenvalue weighted by Crippen LogP contribution is 2.19. The Morgan fingerprint density at radius 2 is 1.75 bits per heavy atom. The van der Waals surface area contributed by atoms with Crippen LogP contribution >= 0.6 is 0 Å². The molecule has 3 rings (SSSR count). The van der Waals surface area contributed by atoms with Crippen molar-refractivity contribution in [2.24, 2.45) is 0 Å². The van der Waals surface area contributed by atoms with Crippen LogP contribution in [0.5, 0.6) is 0 Å². The van der Waals surface area contributed by atoms with Crippen molar-refractivity contribution in [1.29, 1.82) is 0 Å². The van der Waals surface area contributed by atoms with Gasteiger partial charge in [-0.25, -0.2) is 17.9 Å². The van der Waals surface area contributed by atoms with Gasteiger partial charge in [-0.1, -0.05) is 17.3 Å². The largest absolute Gasteiger partial charge is 0.345 e. The number of carbonyl (C=O) groups excluding carboxylic acids is 2. The molecule has 144 valence electrons. The van der Waals surface area contributed by atoms with Gasteiger partial charge in [0.25, 0.3) is 5.56 Å². The molecule has 0 saturated carbocycles. The van der Waals surface area contributed by atoms with Crippen molar-refractivity contribution in [3.05, 3.63) is 64.2 Å². The highest BCUT2D eigenvalue weighted by Gasteiger charge is 2.16. The topological polar surface area (TPSA) is 106 Å². The zero-order valence-corrected chi connectivity index (χ0v) is 14.1. The predicted octanol–water partition coefficient (Wildman–Crippen LogP) is 0.964. The Kier molecular flexibility index (Phi) is 5.34. The van der Waals surface area contributed by atoms with E-state index in [9.17, 15) is 27.6 Å². The van der Waals surface area contributed by atoms with Crippen molar-refractivity contribution in [3.8, 4) is 0 Å². The van der Waals surface area contributed by atoms with Crippen LogP contribution < -0.4 is 16.2 Å². The molecule has 2 aromatic carbocycles. The predicted molar refractivity (Wildman–Crippen MR) is 91.8 cm³/mol. The second kappa shape index (κ2) is 7.86. The molecular formula is C17H12F3N5O3. The molecule has 0 bridgehead atoms. The van der Waals surface area contributed by atoms with Gasteiger partial charge >= 0.3 is 0 Å². The van der Waals surface area contributed by atoms with E-state index < -0.39 is 53.6 Å². The molecule has 2 N–H and O–H groups in total. The van der Waals surface area contributed by atoms with E-state index in [4.69, 9.17) is 0 Å². The highest BCUT2D eigenvalue weighted by molar-refractivity contribution is 5.94. The quantitative estimate of drug-likeness (QED) is 0.631. The summed E-state index contributed by atoms with van der Waals surface area (Å²) < 4.78 is 40.3. The smallest absolute Gasteiger partial charge is 0.278 e. The molecule has 3 aromatic rings. The number of rotatable bonds is 5. The monoisotopic (exact) mass is 391 g/mol. The Balaban J connectivity index is 1.60. The second-order valence-electron chi connectivity index (χ2n) is 5.62. The summed E-state index contributed by atoms with van der Waals surface area (Å²) >= 11 is 0. The first kappa shape index (κ1) is 19.0. The number of benzene rings is 2. The third-order valence-corrected chi connectivity index (χ3v) is 3.68. The van der Waals surface area contributed by atoms with Gasteiger partial charge in [0, 0.05) is 0 Å². The van der Waals surface area contributed by atoms with E-state index >= 15 is 0 Å². The third kappa shape index (κ3) is 3.98. The molecule has 2 amide bonds. The van der Waals surface area contributed by atoms with Gasteiger partial charge in [0.1, 0.15) is 12.1 Å². The second-order valence-corrected chi connectivity index (χ2v) is 5.62. The van der Waals surface area contributed by atoms with Crippen molar-refractivity contribution in [2.75, 3.05) is 11.9 Å². The molecule has 0 radical (unpaired) electrons. The summed E-state index contributed by atoms with van der Waals surface area (Å²) in [6, 6.07) is 7.94. The molecule has 0 unspecified atom stereocenters. The molecule has 0 fully saturated rings. The number of amides is 2. The minimum Gasteiger partial charge on any atom is -0.345 e. The van der Waals surface area contributed by atoms with Crippen molar-refractivity contribution >= 4 is 28.4 Å². The normalized spacial score (nSPS) is 10.7. The maximum absolute atomic E-state index is 13.5. The number of halogens is 3. The zero-order chi connectivity index (χ0) is 20.3. The molecule has 28 heavy (non-hydrogen) atoms. The summed E-state index contributed by atoms with van der Waals surface area (Å²) in [5.41, 5.74) is -0.735. The summed E-state index contributed by atoms with van der Waals surface area (Å²) in [4.78, 5) is 35.9. The number of hydrogen-bond acceptors (Lipinski definition) is 5. The maximum Gasteiger partial charge on any atom is 0.278 e. The average molecular weight is 391 g/mol. The van der Waals surface area contributed by atoms with Crippen molar-refractivity contribution in [3.63, 3.8) is 0 Å². The van der Waals surface area contributed by atoms with Gasteiger partial charge in [0.15, 0.2) is 17.5 Å². The number of nitrogens with one attached hydrogen (secondary N) is 2. The van der Waals surface area contributed by atoms with Crippen molar-refractivity contribution in [1.82, 2.24) is 20.3 Å². The number of aromatic nitrogens is 3. The van der Waals surface area contributed by atoms with E-state index in [1.165, 1.54) is 6.07 Å². The highest BCUT2D eigenvalue weighted by atomic mass is 19.2. The van der Waals surface area contributed by atoms with Gasteiger partial charge in [0.2, 0.25) is 11.8 Å². The summed E-state index contributed by atoms with van der Waals surface area (Å²) in [6.45, 7) is -1.09. The van der Waals surface area contributed by atoms with Crippen LogP contribution in [0.2, 0.25) is 0 Å². The number of nitrogens with zero attached hydrogens (tertiary/aromatic N) is 3. The van der Waals surface area contributed by atoms with Crippen LogP contribution in [0.15, 0.2) is 41.2 Å². The van der Waals surface area contributed by atoms with Gasteiger partial charge in [-0.3, -0.25) is 14.4 Å². The lowest BCUT2D eigenvalue weighted by atomic mass is 10.2. The molecular weight excluding hydrogens is 379 g/mol. The van der Waals surface area contributed by atoms with Gasteiger partial charge in [0.05, 0.1) is 17.6 Å². The first-order chi connectivity index (χ1) is 13.4. The molecule has 0 aliphatic heterocycles. The lowest BCUT2D eigenvalue weighted by molar-refractivity contribution is -0.124. The number of fused-ring (bicyclic) bond motifs is 1. The summed E-state index contributed by atoms with van der Waals surface area (Å²) in [5, 5.41) is 11.9. The minimum absolute atomic E-state index is 0.275. The standard InChI is InChI=1S/C17H12F3N5O3/c18-10-5-6-12(16(20)15(10)19)22-13(26)7-21-14(27)8-25-17(28)9-3-1-2-4-11(9)23-24-25/h1-6H,7-8H2,(H,21,27)(H,22,26). The number of anilines is 1. The Morgan fingerprint density at radius 1 is 1.00 bits per heavy atom. The molecule has 0 aliphatic rings. The maximum atomic E-state index is 13.5. The lowest BCUT2D eigenvalue weighted by Gasteiger charge is -2.09. The first-order valence-corrected chi connectivity index (χ1v) is 7.89. The molecule has 0 saturated heterocycles. The fourth-order valence-corrected chi connectivity index (χ4v) is 2.31. The Labute approximate surface area is 155 Å². The minimum atomic E-state index is -1.73. The van der Waals surface area contributed by atoms with Gasteiger partial charge in [-0.15, -0.1) is 5.10 Å². The van der Waals surface area contributed by atoms with E-state index in [2.05, 4.69) is 15.6 Å². The van der Waals surface area contributed by atoms with E-state index in [1.807, 2.05) is 5.32 Å². The Bertz CT molecular complexity index is 1130. The summed E-state index contributed by atoms with van der Waals surface area (Å²) in [7, 11) is 0. The van der Waals surface area contributed by atoms with E-state index in [1.54, 1.807) is 18.2 Å². The number of carbonyl (C=O) groups is 2. The van der Waals surface area contributed by atoms with Crippen LogP contribution in [0.4, 0.5) is 18.9 Å². The Hall–Kier alpha value is -3.76. The molecule has 1 aromatic heterocycles. The van der Waals surface area contributed by atoms with Crippen LogP contribution in [-0.4, -0.2) is 33.4 Å². The molecule has 1 heterocycles.